The van der Waals surface area contributed by atoms with Gasteiger partial charge in [0.25, 0.3) is 0 Å². The number of thioether (sulfide) groups is 1. The summed E-state index contributed by atoms with van der Waals surface area (Å²) in [5, 5.41) is 0. The third kappa shape index (κ3) is 2.98. The molecule has 2 rings (SSSR count). The van der Waals surface area contributed by atoms with Crippen molar-refractivity contribution < 1.29 is 4.39 Å². The Morgan fingerprint density at radius 2 is 2.00 bits per heavy atom. The molecule has 1 aliphatic rings. The van der Waals surface area contributed by atoms with Crippen LogP contribution in [-0.2, 0) is 0 Å². The molecule has 0 bridgehead atoms. The lowest BCUT2D eigenvalue weighted by molar-refractivity contribution is 0.463. The lowest BCUT2D eigenvalue weighted by Gasteiger charge is -2.18. The highest BCUT2D eigenvalue weighted by Crippen LogP contribution is 2.30. The van der Waals surface area contributed by atoms with Gasteiger partial charge in [0.15, 0.2) is 0 Å². The molecule has 0 aromatic heterocycles. The minimum atomic E-state index is -0.133. The van der Waals surface area contributed by atoms with Gasteiger partial charge >= 0.3 is 0 Å². The second-order valence-corrected chi connectivity index (χ2v) is 5.51. The Hall–Kier alpha value is -0.540. The molecule has 0 aliphatic heterocycles. The van der Waals surface area contributed by atoms with Crippen LogP contribution in [0.2, 0.25) is 0 Å². The van der Waals surface area contributed by atoms with E-state index in [9.17, 15) is 4.39 Å². The summed E-state index contributed by atoms with van der Waals surface area (Å²) < 4.78 is 13.4. The van der Waals surface area contributed by atoms with Crippen molar-refractivity contribution in [3.63, 3.8) is 0 Å². The predicted octanol–water partition coefficient (Wildman–Crippen LogP) is 3.44. The Bertz CT molecular complexity index is 336. The lowest BCUT2D eigenvalue weighted by Crippen LogP contribution is -2.30. The lowest BCUT2D eigenvalue weighted by atomic mass is 10.0. The van der Waals surface area contributed by atoms with Crippen molar-refractivity contribution in [1.82, 2.24) is 0 Å². The van der Waals surface area contributed by atoms with Gasteiger partial charge in [0, 0.05) is 16.7 Å². The molecule has 1 nitrogen and oxygen atoms in total. The SMILES string of the molecule is NC(CSc1ccccc1F)C1CCCC1. The number of benzene rings is 1. The Balaban J connectivity index is 1.84. The number of hydrogen-bond acceptors (Lipinski definition) is 2. The molecule has 1 aliphatic carbocycles. The molecule has 16 heavy (non-hydrogen) atoms. The van der Waals surface area contributed by atoms with E-state index in [1.165, 1.54) is 31.7 Å². The monoisotopic (exact) mass is 239 g/mol. The maximum Gasteiger partial charge on any atom is 0.136 e. The van der Waals surface area contributed by atoms with E-state index in [-0.39, 0.29) is 11.9 Å². The van der Waals surface area contributed by atoms with Gasteiger partial charge in [-0.25, -0.2) is 4.39 Å². The van der Waals surface area contributed by atoms with Crippen LogP contribution in [-0.4, -0.2) is 11.8 Å². The van der Waals surface area contributed by atoms with E-state index < -0.39 is 0 Å². The zero-order valence-corrected chi connectivity index (χ0v) is 10.2. The fourth-order valence-electron chi connectivity index (χ4n) is 2.27. The molecule has 0 spiro atoms. The predicted molar refractivity (Wildman–Crippen MR) is 67.1 cm³/mol. The quantitative estimate of drug-likeness (QED) is 0.815. The fourth-order valence-corrected chi connectivity index (χ4v) is 3.29. The van der Waals surface area contributed by atoms with Crippen LogP contribution in [0.3, 0.4) is 0 Å². The first-order valence-electron chi connectivity index (χ1n) is 5.90. The van der Waals surface area contributed by atoms with Crippen molar-refractivity contribution in [3.05, 3.63) is 30.1 Å². The molecule has 1 unspecified atom stereocenters. The second kappa shape index (κ2) is 5.69. The molecular weight excluding hydrogens is 221 g/mol. The van der Waals surface area contributed by atoms with Crippen LogP contribution in [0, 0.1) is 11.7 Å². The molecule has 0 heterocycles. The summed E-state index contributed by atoms with van der Waals surface area (Å²) in [5.74, 6) is 1.34. The van der Waals surface area contributed by atoms with E-state index in [0.717, 1.165) is 10.6 Å². The number of rotatable bonds is 4. The second-order valence-electron chi connectivity index (χ2n) is 4.45. The van der Waals surface area contributed by atoms with Crippen LogP contribution >= 0.6 is 11.8 Å². The number of nitrogens with two attached hydrogens (primary N) is 1. The third-order valence-corrected chi connectivity index (χ3v) is 4.47. The minimum absolute atomic E-state index is 0.133. The molecule has 0 amide bonds. The summed E-state index contributed by atoms with van der Waals surface area (Å²) in [5.41, 5.74) is 6.13. The van der Waals surface area contributed by atoms with E-state index in [1.807, 2.05) is 12.1 Å². The van der Waals surface area contributed by atoms with E-state index in [1.54, 1.807) is 17.8 Å². The Labute approximate surface area is 101 Å². The molecule has 2 N–H and O–H groups in total. The molecule has 1 aromatic carbocycles. The minimum Gasteiger partial charge on any atom is -0.327 e. The van der Waals surface area contributed by atoms with Crippen molar-refractivity contribution in [2.75, 3.05) is 5.75 Å². The van der Waals surface area contributed by atoms with Crippen LogP contribution in [0.15, 0.2) is 29.2 Å². The average molecular weight is 239 g/mol. The van der Waals surface area contributed by atoms with Gasteiger partial charge in [-0.1, -0.05) is 25.0 Å². The smallest absolute Gasteiger partial charge is 0.136 e. The molecule has 3 heteroatoms. The highest BCUT2D eigenvalue weighted by atomic mass is 32.2. The molecule has 1 fully saturated rings. The Kier molecular flexibility index (Phi) is 4.24. The zero-order chi connectivity index (χ0) is 11.4. The zero-order valence-electron chi connectivity index (χ0n) is 9.36. The van der Waals surface area contributed by atoms with Gasteiger partial charge in [0.1, 0.15) is 5.82 Å². The van der Waals surface area contributed by atoms with E-state index in [4.69, 9.17) is 5.73 Å². The van der Waals surface area contributed by atoms with Crippen molar-refractivity contribution in [2.45, 2.75) is 36.6 Å². The van der Waals surface area contributed by atoms with E-state index >= 15 is 0 Å². The third-order valence-electron chi connectivity index (χ3n) is 3.27. The topological polar surface area (TPSA) is 26.0 Å². The Morgan fingerprint density at radius 3 is 2.69 bits per heavy atom. The Morgan fingerprint density at radius 1 is 1.31 bits per heavy atom. The number of hydrogen-bond donors (Lipinski definition) is 1. The standard InChI is InChI=1S/C13H18FNS/c14-11-7-3-4-8-13(11)16-9-12(15)10-5-1-2-6-10/h3-4,7-8,10,12H,1-2,5-6,9,15H2. The molecule has 88 valence electrons. The summed E-state index contributed by atoms with van der Waals surface area (Å²) in [7, 11) is 0. The fraction of sp³-hybridized carbons (Fsp3) is 0.538. The molecule has 0 radical (unpaired) electrons. The van der Waals surface area contributed by atoms with Crippen LogP contribution in [0.25, 0.3) is 0 Å². The average Bonchev–Trinajstić information content (AvgIpc) is 2.81. The normalized spacial score (nSPS) is 18.9. The first kappa shape index (κ1) is 11.9. The maximum absolute atomic E-state index is 13.4. The molecular formula is C13H18FNS. The summed E-state index contributed by atoms with van der Waals surface area (Å²) in [6.07, 6.45) is 5.11. The summed E-state index contributed by atoms with van der Waals surface area (Å²) in [6, 6.07) is 7.13. The van der Waals surface area contributed by atoms with E-state index in [0.29, 0.717) is 5.92 Å². The van der Waals surface area contributed by atoms with Crippen LogP contribution in [0.4, 0.5) is 4.39 Å². The summed E-state index contributed by atoms with van der Waals surface area (Å²) >= 11 is 1.54. The van der Waals surface area contributed by atoms with Gasteiger partial charge < -0.3 is 5.73 Å². The van der Waals surface area contributed by atoms with Gasteiger partial charge in [-0.15, -0.1) is 11.8 Å². The highest BCUT2D eigenvalue weighted by molar-refractivity contribution is 7.99. The van der Waals surface area contributed by atoms with Crippen molar-refractivity contribution in [3.8, 4) is 0 Å². The molecule has 0 saturated heterocycles. The van der Waals surface area contributed by atoms with Gasteiger partial charge in [-0.05, 0) is 30.9 Å². The van der Waals surface area contributed by atoms with Crippen LogP contribution in [0.1, 0.15) is 25.7 Å². The largest absolute Gasteiger partial charge is 0.327 e. The summed E-state index contributed by atoms with van der Waals surface area (Å²) in [4.78, 5) is 0.718. The highest BCUT2D eigenvalue weighted by Gasteiger charge is 2.22. The first-order valence-corrected chi connectivity index (χ1v) is 6.89. The van der Waals surface area contributed by atoms with Gasteiger partial charge in [0.05, 0.1) is 0 Å². The summed E-state index contributed by atoms with van der Waals surface area (Å²) in [6.45, 7) is 0. The van der Waals surface area contributed by atoms with Crippen molar-refractivity contribution in [2.24, 2.45) is 11.7 Å². The molecule has 1 atom stereocenters. The molecule has 1 aromatic rings. The van der Waals surface area contributed by atoms with Crippen LogP contribution < -0.4 is 5.73 Å². The number of halogens is 1. The van der Waals surface area contributed by atoms with Gasteiger partial charge in [0.2, 0.25) is 0 Å². The first-order chi connectivity index (χ1) is 7.77. The maximum atomic E-state index is 13.4. The van der Waals surface area contributed by atoms with Gasteiger partial charge in [-0.3, -0.25) is 0 Å². The van der Waals surface area contributed by atoms with Gasteiger partial charge in [-0.2, -0.15) is 0 Å². The molecule has 1 saturated carbocycles. The van der Waals surface area contributed by atoms with Crippen LogP contribution in [0.5, 0.6) is 0 Å². The van der Waals surface area contributed by atoms with Crippen molar-refractivity contribution in [1.29, 1.82) is 0 Å². The van der Waals surface area contributed by atoms with Crippen molar-refractivity contribution >= 4 is 11.8 Å². The van der Waals surface area contributed by atoms with E-state index in [2.05, 4.69) is 0 Å².